The summed E-state index contributed by atoms with van der Waals surface area (Å²) in [6.07, 6.45) is 1.95. The minimum absolute atomic E-state index is 0.569. The Balaban J connectivity index is 2.42. The second kappa shape index (κ2) is 4.28. The number of benzene rings is 1. The van der Waals surface area contributed by atoms with Crippen molar-refractivity contribution in [2.24, 2.45) is 5.92 Å². The molecule has 2 nitrogen and oxygen atoms in total. The number of hydrogen-bond donors (Lipinski definition) is 0. The van der Waals surface area contributed by atoms with Crippen LogP contribution in [0.1, 0.15) is 39.2 Å². The lowest BCUT2D eigenvalue weighted by atomic mass is 10.0. The number of imidazole rings is 1. The molecule has 0 amide bonds. The molecule has 86 valence electrons. The third-order valence-electron chi connectivity index (χ3n) is 2.87. The van der Waals surface area contributed by atoms with Gasteiger partial charge in [0.2, 0.25) is 0 Å². The molecular weight excluding hydrogens is 196 g/mol. The summed E-state index contributed by atoms with van der Waals surface area (Å²) >= 11 is 0. The minimum Gasteiger partial charge on any atom is -0.330 e. The molecule has 1 aromatic heterocycles. The molecule has 2 heteroatoms. The summed E-state index contributed by atoms with van der Waals surface area (Å²) in [5.41, 5.74) is 3.73. The average Bonchev–Trinajstić information content (AvgIpc) is 2.60. The molecule has 1 heterocycles. The molecule has 2 aromatic rings. The van der Waals surface area contributed by atoms with Crippen molar-refractivity contribution >= 4 is 11.0 Å². The first-order chi connectivity index (χ1) is 7.58. The van der Waals surface area contributed by atoms with E-state index in [9.17, 15) is 0 Å². The molecule has 0 spiro atoms. The molecule has 0 radical (unpaired) electrons. The van der Waals surface area contributed by atoms with E-state index in [-0.39, 0.29) is 0 Å². The number of hydrogen-bond acceptors (Lipinski definition) is 1. The summed E-state index contributed by atoms with van der Waals surface area (Å²) in [5, 5.41) is 0. The summed E-state index contributed by atoms with van der Waals surface area (Å²) in [6.45, 7) is 9.93. The van der Waals surface area contributed by atoms with Crippen LogP contribution in [0.4, 0.5) is 0 Å². The van der Waals surface area contributed by atoms with E-state index in [1.165, 1.54) is 11.1 Å². The van der Waals surface area contributed by atoms with Gasteiger partial charge >= 0.3 is 0 Å². The predicted octanol–water partition coefficient (Wildman–Crippen LogP) is 3.82. The lowest BCUT2D eigenvalue weighted by Crippen LogP contribution is -2.02. The second-order valence-electron chi connectivity index (χ2n) is 5.19. The minimum atomic E-state index is 0.569. The van der Waals surface area contributed by atoms with Crippen molar-refractivity contribution in [3.8, 4) is 0 Å². The Labute approximate surface area is 97.3 Å². The van der Waals surface area contributed by atoms with Gasteiger partial charge in [-0.3, -0.25) is 0 Å². The molecule has 2 rings (SSSR count). The standard InChI is InChI=1S/C14H20N2/c1-10(2)8-16-9-15-13-7-12(11(3)4)5-6-14(13)16/h5-7,9-11H,8H2,1-4H3. The molecule has 0 aliphatic carbocycles. The Morgan fingerprint density at radius 1 is 1.19 bits per heavy atom. The van der Waals surface area contributed by atoms with Gasteiger partial charge in [-0.25, -0.2) is 4.98 Å². The first-order valence-electron chi connectivity index (χ1n) is 6.02. The first kappa shape index (κ1) is 11.2. The van der Waals surface area contributed by atoms with Crippen molar-refractivity contribution in [3.05, 3.63) is 30.1 Å². The summed E-state index contributed by atoms with van der Waals surface area (Å²) in [5.74, 6) is 1.22. The van der Waals surface area contributed by atoms with Crippen LogP contribution in [0.25, 0.3) is 11.0 Å². The van der Waals surface area contributed by atoms with E-state index in [4.69, 9.17) is 0 Å². The van der Waals surface area contributed by atoms with Gasteiger partial charge < -0.3 is 4.57 Å². The second-order valence-corrected chi connectivity index (χ2v) is 5.19. The van der Waals surface area contributed by atoms with E-state index in [1.807, 2.05) is 6.33 Å². The fourth-order valence-corrected chi connectivity index (χ4v) is 1.98. The zero-order chi connectivity index (χ0) is 11.7. The van der Waals surface area contributed by atoms with Crippen LogP contribution in [0.2, 0.25) is 0 Å². The molecule has 0 N–H and O–H groups in total. The van der Waals surface area contributed by atoms with E-state index < -0.39 is 0 Å². The fourth-order valence-electron chi connectivity index (χ4n) is 1.98. The maximum atomic E-state index is 4.48. The molecule has 0 fully saturated rings. The van der Waals surface area contributed by atoms with Crippen LogP contribution in [-0.2, 0) is 6.54 Å². The molecular formula is C14H20N2. The van der Waals surface area contributed by atoms with Crippen molar-refractivity contribution in [1.82, 2.24) is 9.55 Å². The van der Waals surface area contributed by atoms with Gasteiger partial charge in [0.05, 0.1) is 17.4 Å². The maximum Gasteiger partial charge on any atom is 0.0958 e. The average molecular weight is 216 g/mol. The van der Waals surface area contributed by atoms with Crippen LogP contribution in [0, 0.1) is 5.92 Å². The monoisotopic (exact) mass is 216 g/mol. The molecule has 1 aromatic carbocycles. The lowest BCUT2D eigenvalue weighted by Gasteiger charge is -2.08. The highest BCUT2D eigenvalue weighted by molar-refractivity contribution is 5.76. The van der Waals surface area contributed by atoms with Gasteiger partial charge in [0.25, 0.3) is 0 Å². The quantitative estimate of drug-likeness (QED) is 0.762. The zero-order valence-corrected chi connectivity index (χ0v) is 10.6. The number of fused-ring (bicyclic) bond motifs is 1. The van der Waals surface area contributed by atoms with Gasteiger partial charge in [0.15, 0.2) is 0 Å². The van der Waals surface area contributed by atoms with Gasteiger partial charge in [-0.1, -0.05) is 33.8 Å². The van der Waals surface area contributed by atoms with E-state index in [2.05, 4.69) is 55.4 Å². The van der Waals surface area contributed by atoms with Gasteiger partial charge in [-0.15, -0.1) is 0 Å². The highest BCUT2D eigenvalue weighted by Gasteiger charge is 2.06. The van der Waals surface area contributed by atoms with E-state index in [0.717, 1.165) is 12.1 Å². The van der Waals surface area contributed by atoms with Crippen LogP contribution >= 0.6 is 0 Å². The van der Waals surface area contributed by atoms with Crippen molar-refractivity contribution in [2.45, 2.75) is 40.2 Å². The largest absolute Gasteiger partial charge is 0.330 e. The first-order valence-corrected chi connectivity index (χ1v) is 6.02. The van der Waals surface area contributed by atoms with Crippen LogP contribution in [0.5, 0.6) is 0 Å². The fraction of sp³-hybridized carbons (Fsp3) is 0.500. The third-order valence-corrected chi connectivity index (χ3v) is 2.87. The van der Waals surface area contributed by atoms with Crippen molar-refractivity contribution in [3.63, 3.8) is 0 Å². The van der Waals surface area contributed by atoms with Gasteiger partial charge in [0, 0.05) is 6.54 Å². The van der Waals surface area contributed by atoms with E-state index in [1.54, 1.807) is 0 Å². The number of nitrogens with zero attached hydrogens (tertiary/aromatic N) is 2. The summed E-state index contributed by atoms with van der Waals surface area (Å²) in [4.78, 5) is 4.48. The maximum absolute atomic E-state index is 4.48. The summed E-state index contributed by atoms with van der Waals surface area (Å²) in [7, 11) is 0. The Hall–Kier alpha value is -1.31. The van der Waals surface area contributed by atoms with Gasteiger partial charge in [0.1, 0.15) is 0 Å². The molecule has 0 unspecified atom stereocenters. The number of aromatic nitrogens is 2. The van der Waals surface area contributed by atoms with E-state index in [0.29, 0.717) is 11.8 Å². The predicted molar refractivity (Wildman–Crippen MR) is 68.7 cm³/mol. The molecule has 0 bridgehead atoms. The molecule has 0 aliphatic rings. The Bertz CT molecular complexity index is 480. The Morgan fingerprint density at radius 3 is 2.56 bits per heavy atom. The number of rotatable bonds is 3. The molecule has 0 atom stereocenters. The van der Waals surface area contributed by atoms with Crippen LogP contribution < -0.4 is 0 Å². The highest BCUT2D eigenvalue weighted by atomic mass is 15.0. The molecule has 0 aliphatic heterocycles. The molecule has 0 saturated heterocycles. The highest BCUT2D eigenvalue weighted by Crippen LogP contribution is 2.21. The SMILES string of the molecule is CC(C)Cn1cnc2cc(C(C)C)ccc21. The Morgan fingerprint density at radius 2 is 1.94 bits per heavy atom. The van der Waals surface area contributed by atoms with Crippen molar-refractivity contribution in [1.29, 1.82) is 0 Å². The molecule has 16 heavy (non-hydrogen) atoms. The van der Waals surface area contributed by atoms with Gasteiger partial charge in [-0.05, 0) is 29.5 Å². The van der Waals surface area contributed by atoms with Crippen molar-refractivity contribution in [2.75, 3.05) is 0 Å². The van der Waals surface area contributed by atoms with Crippen LogP contribution in [0.15, 0.2) is 24.5 Å². The normalized spacial score (nSPS) is 11.9. The zero-order valence-electron chi connectivity index (χ0n) is 10.6. The van der Waals surface area contributed by atoms with E-state index >= 15 is 0 Å². The topological polar surface area (TPSA) is 17.8 Å². The summed E-state index contributed by atoms with van der Waals surface area (Å²) in [6, 6.07) is 6.61. The lowest BCUT2D eigenvalue weighted by molar-refractivity contribution is 0.533. The Kier molecular flexibility index (Phi) is 2.99. The third kappa shape index (κ3) is 2.11. The van der Waals surface area contributed by atoms with Crippen LogP contribution in [0.3, 0.4) is 0 Å². The van der Waals surface area contributed by atoms with Crippen molar-refractivity contribution < 1.29 is 0 Å². The summed E-state index contributed by atoms with van der Waals surface area (Å²) < 4.78 is 2.24. The smallest absolute Gasteiger partial charge is 0.0958 e. The van der Waals surface area contributed by atoms with Gasteiger partial charge in [-0.2, -0.15) is 0 Å². The molecule has 0 saturated carbocycles. The van der Waals surface area contributed by atoms with Crippen LogP contribution in [-0.4, -0.2) is 9.55 Å².